The molecule has 0 aliphatic heterocycles. The number of anilines is 1. The summed E-state index contributed by atoms with van der Waals surface area (Å²) < 4.78 is 12.8. The number of aliphatic hydroxyl groups is 1. The Labute approximate surface area is 79.3 Å². The van der Waals surface area contributed by atoms with Crippen molar-refractivity contribution in [2.24, 2.45) is 0 Å². The van der Waals surface area contributed by atoms with E-state index in [4.69, 9.17) is 5.11 Å². The van der Waals surface area contributed by atoms with Crippen LogP contribution in [0, 0.1) is 15.9 Å². The molecule has 0 aromatic heterocycles. The van der Waals surface area contributed by atoms with Crippen molar-refractivity contribution in [2.45, 2.75) is 0 Å². The summed E-state index contributed by atoms with van der Waals surface area (Å²) in [6, 6.07) is 3.17. The molecule has 5 nitrogen and oxygen atoms in total. The zero-order chi connectivity index (χ0) is 10.6. The summed E-state index contributed by atoms with van der Waals surface area (Å²) in [5, 5.41) is 21.5. The molecule has 0 amide bonds. The number of hydrogen-bond acceptors (Lipinski definition) is 4. The molecule has 0 aliphatic carbocycles. The number of hydrogen-bond donors (Lipinski definition) is 2. The minimum Gasteiger partial charge on any atom is -0.395 e. The van der Waals surface area contributed by atoms with Gasteiger partial charge in [-0.25, -0.2) is 4.39 Å². The molecule has 0 radical (unpaired) electrons. The highest BCUT2D eigenvalue weighted by Crippen LogP contribution is 2.19. The highest BCUT2D eigenvalue weighted by atomic mass is 19.1. The summed E-state index contributed by atoms with van der Waals surface area (Å²) in [5.74, 6) is -0.681. The van der Waals surface area contributed by atoms with E-state index in [1.807, 2.05) is 0 Å². The Morgan fingerprint density at radius 2 is 2.21 bits per heavy atom. The molecule has 0 saturated heterocycles. The van der Waals surface area contributed by atoms with Crippen molar-refractivity contribution in [3.05, 3.63) is 34.1 Å². The van der Waals surface area contributed by atoms with E-state index >= 15 is 0 Å². The zero-order valence-electron chi connectivity index (χ0n) is 7.24. The predicted octanol–water partition coefficient (Wildman–Crippen LogP) is 1.14. The second-order valence-electron chi connectivity index (χ2n) is 2.61. The number of halogens is 1. The van der Waals surface area contributed by atoms with E-state index in [1.165, 1.54) is 6.07 Å². The van der Waals surface area contributed by atoms with Gasteiger partial charge >= 0.3 is 0 Å². The van der Waals surface area contributed by atoms with E-state index in [1.54, 1.807) is 0 Å². The Bertz CT molecular complexity index is 343. The molecule has 0 aliphatic rings. The lowest BCUT2D eigenvalue weighted by molar-refractivity contribution is -0.385. The fourth-order valence-corrected chi connectivity index (χ4v) is 0.982. The lowest BCUT2D eigenvalue weighted by Crippen LogP contribution is -2.05. The maximum Gasteiger partial charge on any atom is 0.274 e. The molecular formula is C8H9FN2O3. The second-order valence-corrected chi connectivity index (χ2v) is 2.61. The smallest absolute Gasteiger partial charge is 0.274 e. The van der Waals surface area contributed by atoms with E-state index < -0.39 is 10.7 Å². The van der Waals surface area contributed by atoms with Crippen molar-refractivity contribution in [1.29, 1.82) is 0 Å². The van der Waals surface area contributed by atoms with Crippen molar-refractivity contribution in [1.82, 2.24) is 0 Å². The highest BCUT2D eigenvalue weighted by Gasteiger charge is 2.08. The van der Waals surface area contributed by atoms with Crippen LogP contribution in [0.1, 0.15) is 0 Å². The normalized spacial score (nSPS) is 9.86. The molecule has 0 fully saturated rings. The van der Waals surface area contributed by atoms with Gasteiger partial charge in [-0.05, 0) is 6.07 Å². The largest absolute Gasteiger partial charge is 0.395 e. The maximum absolute atomic E-state index is 12.8. The van der Waals surface area contributed by atoms with Gasteiger partial charge in [0.1, 0.15) is 5.82 Å². The average Bonchev–Trinajstić information content (AvgIpc) is 2.14. The van der Waals surface area contributed by atoms with E-state index in [2.05, 4.69) is 5.32 Å². The van der Waals surface area contributed by atoms with E-state index in [9.17, 15) is 14.5 Å². The first-order valence-corrected chi connectivity index (χ1v) is 3.93. The Hall–Kier alpha value is -1.69. The summed E-state index contributed by atoms with van der Waals surface area (Å²) in [6.07, 6.45) is 0. The van der Waals surface area contributed by atoms with Crippen molar-refractivity contribution >= 4 is 11.4 Å². The Balaban J connectivity index is 2.89. The molecule has 2 N–H and O–H groups in total. The van der Waals surface area contributed by atoms with Crippen LogP contribution in [0.2, 0.25) is 0 Å². The highest BCUT2D eigenvalue weighted by molar-refractivity contribution is 5.51. The van der Waals surface area contributed by atoms with Crippen LogP contribution in [0.4, 0.5) is 15.8 Å². The third-order valence-corrected chi connectivity index (χ3v) is 1.53. The van der Waals surface area contributed by atoms with Crippen molar-refractivity contribution in [3.63, 3.8) is 0 Å². The van der Waals surface area contributed by atoms with Gasteiger partial charge in [0.2, 0.25) is 0 Å². The van der Waals surface area contributed by atoms with Crippen LogP contribution in [-0.2, 0) is 0 Å². The number of non-ortho nitro benzene ring substituents is 1. The molecule has 0 saturated carbocycles. The molecule has 0 heterocycles. The topological polar surface area (TPSA) is 75.4 Å². The number of nitro groups is 1. The molecule has 14 heavy (non-hydrogen) atoms. The lowest BCUT2D eigenvalue weighted by Gasteiger charge is -2.03. The molecule has 1 aromatic carbocycles. The second kappa shape index (κ2) is 4.52. The Kier molecular flexibility index (Phi) is 3.35. The number of aliphatic hydroxyl groups excluding tert-OH is 1. The van der Waals surface area contributed by atoms with Crippen LogP contribution < -0.4 is 5.32 Å². The van der Waals surface area contributed by atoms with Crippen LogP contribution in [-0.4, -0.2) is 23.2 Å². The fourth-order valence-electron chi connectivity index (χ4n) is 0.982. The number of benzene rings is 1. The predicted molar refractivity (Wildman–Crippen MR) is 48.6 cm³/mol. The SMILES string of the molecule is O=[N+]([O-])c1cc(F)cc(NCCO)c1. The van der Waals surface area contributed by atoms with E-state index in [0.717, 1.165) is 12.1 Å². The molecule has 76 valence electrons. The van der Waals surface area contributed by atoms with Gasteiger partial charge in [0.05, 0.1) is 17.6 Å². The Morgan fingerprint density at radius 3 is 2.79 bits per heavy atom. The molecule has 0 unspecified atom stereocenters. The number of rotatable bonds is 4. The van der Waals surface area contributed by atoms with Crippen molar-refractivity contribution in [2.75, 3.05) is 18.5 Å². The number of nitro benzene ring substituents is 1. The van der Waals surface area contributed by atoms with Crippen LogP contribution in [0.3, 0.4) is 0 Å². The van der Waals surface area contributed by atoms with Gasteiger partial charge < -0.3 is 10.4 Å². The summed E-state index contributed by atoms with van der Waals surface area (Å²) in [7, 11) is 0. The van der Waals surface area contributed by atoms with Gasteiger partial charge in [0.25, 0.3) is 5.69 Å². The van der Waals surface area contributed by atoms with Gasteiger partial charge in [-0.2, -0.15) is 0 Å². The lowest BCUT2D eigenvalue weighted by atomic mass is 10.2. The van der Waals surface area contributed by atoms with E-state index in [0.29, 0.717) is 0 Å². The van der Waals surface area contributed by atoms with Crippen LogP contribution in [0.25, 0.3) is 0 Å². The van der Waals surface area contributed by atoms with Crippen LogP contribution in [0.15, 0.2) is 18.2 Å². The first-order chi connectivity index (χ1) is 6.63. The van der Waals surface area contributed by atoms with Crippen LogP contribution in [0.5, 0.6) is 0 Å². The fraction of sp³-hybridized carbons (Fsp3) is 0.250. The zero-order valence-corrected chi connectivity index (χ0v) is 7.24. The summed E-state index contributed by atoms with van der Waals surface area (Å²) in [4.78, 5) is 9.67. The Morgan fingerprint density at radius 1 is 1.50 bits per heavy atom. The molecule has 1 rings (SSSR count). The van der Waals surface area contributed by atoms with Crippen molar-refractivity contribution in [3.8, 4) is 0 Å². The van der Waals surface area contributed by atoms with Gasteiger partial charge in [0, 0.05) is 18.3 Å². The van der Waals surface area contributed by atoms with Crippen molar-refractivity contribution < 1.29 is 14.4 Å². The average molecular weight is 200 g/mol. The molecule has 0 atom stereocenters. The molecular weight excluding hydrogens is 191 g/mol. The summed E-state index contributed by atoms with van der Waals surface area (Å²) in [6.45, 7) is 0.102. The van der Waals surface area contributed by atoms with Gasteiger partial charge in [-0.3, -0.25) is 10.1 Å². The quantitative estimate of drug-likeness (QED) is 0.564. The third-order valence-electron chi connectivity index (χ3n) is 1.53. The molecule has 0 bridgehead atoms. The monoisotopic (exact) mass is 200 g/mol. The number of nitrogens with zero attached hydrogens (tertiary/aromatic N) is 1. The minimum absolute atomic E-state index is 0.121. The maximum atomic E-state index is 12.8. The molecule has 1 aromatic rings. The summed E-state index contributed by atoms with van der Waals surface area (Å²) in [5.41, 5.74) is -0.0313. The van der Waals surface area contributed by atoms with Crippen LogP contribution >= 0.6 is 0 Å². The van der Waals surface area contributed by atoms with Gasteiger partial charge in [-0.1, -0.05) is 0 Å². The van der Waals surface area contributed by atoms with Gasteiger partial charge in [-0.15, -0.1) is 0 Å². The first kappa shape index (κ1) is 10.4. The molecule has 0 spiro atoms. The molecule has 6 heteroatoms. The number of nitrogens with one attached hydrogen (secondary N) is 1. The standard InChI is InChI=1S/C8H9FN2O3/c9-6-3-7(10-1-2-12)5-8(4-6)11(13)14/h3-5,10,12H,1-2H2. The third kappa shape index (κ3) is 2.67. The summed E-state index contributed by atoms with van der Waals surface area (Å²) >= 11 is 0. The van der Waals surface area contributed by atoms with Gasteiger partial charge in [0.15, 0.2) is 0 Å². The van der Waals surface area contributed by atoms with E-state index in [-0.39, 0.29) is 24.5 Å². The minimum atomic E-state index is -0.681. The first-order valence-electron chi connectivity index (χ1n) is 3.93.